The Morgan fingerprint density at radius 3 is 2.48 bits per heavy atom. The molecule has 9 nitrogen and oxygen atoms in total. The quantitative estimate of drug-likeness (QED) is 0.278. The van der Waals surface area contributed by atoms with Crippen LogP contribution in [0, 0.1) is 11.8 Å². The lowest BCUT2D eigenvalue weighted by atomic mass is 10.0. The van der Waals surface area contributed by atoms with Crippen molar-refractivity contribution in [1.82, 2.24) is 0 Å². The van der Waals surface area contributed by atoms with Crippen molar-refractivity contribution in [3.8, 4) is 0 Å². The maximum Gasteiger partial charge on any atom is 0.345 e. The van der Waals surface area contributed by atoms with Crippen molar-refractivity contribution < 1.29 is 41.2 Å². The Hall–Kier alpha value is -1.94. The molecule has 0 spiro atoms. The van der Waals surface area contributed by atoms with Crippen LogP contribution >= 0.6 is 0 Å². The highest BCUT2D eigenvalue weighted by molar-refractivity contribution is 7.87. The first-order valence-electron chi connectivity index (χ1n) is 7.65. The second-order valence-corrected chi connectivity index (χ2v) is 7.76. The first-order chi connectivity index (χ1) is 11.6. The number of rotatable bonds is 6. The molecular formula is C15H20O9S. The molecular weight excluding hydrogens is 356 g/mol. The van der Waals surface area contributed by atoms with Gasteiger partial charge in [0.05, 0.1) is 19.6 Å². The summed E-state index contributed by atoms with van der Waals surface area (Å²) in [5.41, 5.74) is -1.38. The van der Waals surface area contributed by atoms with E-state index in [0.29, 0.717) is 12.8 Å². The molecule has 25 heavy (non-hydrogen) atoms. The monoisotopic (exact) mass is 376 g/mol. The summed E-state index contributed by atoms with van der Waals surface area (Å²) in [5.74, 6) is -3.05. The fourth-order valence-corrected chi connectivity index (χ4v) is 4.62. The largest absolute Gasteiger partial charge is 0.469 e. The van der Waals surface area contributed by atoms with E-state index in [0.717, 1.165) is 0 Å². The van der Waals surface area contributed by atoms with Crippen molar-refractivity contribution in [1.29, 1.82) is 0 Å². The van der Waals surface area contributed by atoms with Crippen LogP contribution in [-0.4, -0.2) is 51.6 Å². The number of hydrogen-bond acceptors (Lipinski definition) is 9. The Bertz CT molecular complexity index is 681. The maximum atomic E-state index is 12.2. The van der Waals surface area contributed by atoms with Crippen molar-refractivity contribution in [2.75, 3.05) is 13.7 Å². The van der Waals surface area contributed by atoms with Gasteiger partial charge in [-0.1, -0.05) is 6.58 Å². The first kappa shape index (κ1) is 19.4. The Balaban J connectivity index is 1.99. The van der Waals surface area contributed by atoms with Crippen LogP contribution in [0.1, 0.15) is 26.2 Å². The molecule has 0 aromatic rings. The molecule has 4 unspecified atom stereocenters. The van der Waals surface area contributed by atoms with E-state index in [1.807, 2.05) is 0 Å². The second-order valence-electron chi connectivity index (χ2n) is 6.11. The molecule has 2 rings (SSSR count). The van der Waals surface area contributed by atoms with Crippen LogP contribution in [0.4, 0.5) is 0 Å². The summed E-state index contributed by atoms with van der Waals surface area (Å²) in [5, 5.41) is 0. The van der Waals surface area contributed by atoms with Gasteiger partial charge >= 0.3 is 28.0 Å². The van der Waals surface area contributed by atoms with Crippen molar-refractivity contribution >= 4 is 28.0 Å². The molecule has 1 aliphatic carbocycles. The summed E-state index contributed by atoms with van der Waals surface area (Å²) >= 11 is 0. The number of carbonyl (C=O) groups is 3. The number of hydrogen-bond donors (Lipinski definition) is 0. The van der Waals surface area contributed by atoms with Gasteiger partial charge in [-0.2, -0.15) is 8.42 Å². The van der Waals surface area contributed by atoms with Gasteiger partial charge in [-0.3, -0.25) is 8.98 Å². The van der Waals surface area contributed by atoms with Crippen LogP contribution < -0.4 is 0 Å². The third-order valence-electron chi connectivity index (χ3n) is 4.17. The minimum atomic E-state index is -4.14. The van der Waals surface area contributed by atoms with Crippen molar-refractivity contribution in [3.05, 3.63) is 12.2 Å². The molecule has 0 N–H and O–H groups in total. The number of methoxy groups -OCH3 is 1. The highest BCUT2D eigenvalue weighted by atomic mass is 32.2. The zero-order valence-corrected chi connectivity index (χ0v) is 14.7. The van der Waals surface area contributed by atoms with E-state index in [1.165, 1.54) is 14.0 Å². The maximum absolute atomic E-state index is 12.2. The zero-order chi connectivity index (χ0) is 18.8. The Kier molecular flexibility index (Phi) is 5.83. The van der Waals surface area contributed by atoms with Gasteiger partial charge in [0.25, 0.3) is 0 Å². The standard InChI is InChI=1S/C15H20O9S/c1-8(2)14(18)22-7-13(17)23-15-10-4-9(6-12(16)21-3)11(5-10)24-25(15,19)20/h9-11,15H,1,4-7H2,2-3H3. The Morgan fingerprint density at radius 2 is 1.88 bits per heavy atom. The van der Waals surface area contributed by atoms with Crippen LogP contribution in [0.15, 0.2) is 12.2 Å². The van der Waals surface area contributed by atoms with Gasteiger partial charge in [0.15, 0.2) is 6.61 Å². The molecule has 1 aliphatic heterocycles. The lowest BCUT2D eigenvalue weighted by Gasteiger charge is -2.28. The summed E-state index contributed by atoms with van der Waals surface area (Å²) in [6, 6.07) is 0. The Morgan fingerprint density at radius 1 is 1.20 bits per heavy atom. The summed E-state index contributed by atoms with van der Waals surface area (Å²) in [7, 11) is -2.89. The van der Waals surface area contributed by atoms with Crippen molar-refractivity contribution in [3.63, 3.8) is 0 Å². The average molecular weight is 376 g/mol. The van der Waals surface area contributed by atoms with Crippen LogP contribution in [0.2, 0.25) is 0 Å². The molecule has 1 heterocycles. The summed E-state index contributed by atoms with van der Waals surface area (Å²) in [6.45, 7) is 4.05. The summed E-state index contributed by atoms with van der Waals surface area (Å²) in [4.78, 5) is 34.4. The smallest absolute Gasteiger partial charge is 0.345 e. The molecule has 2 bridgehead atoms. The normalized spacial score (nSPS) is 29.5. The van der Waals surface area contributed by atoms with Crippen molar-refractivity contribution in [2.45, 2.75) is 37.7 Å². The molecule has 0 amide bonds. The number of carbonyl (C=O) groups excluding carboxylic acids is 3. The summed E-state index contributed by atoms with van der Waals surface area (Å²) < 4.78 is 43.6. The third-order valence-corrected chi connectivity index (χ3v) is 5.73. The molecule has 140 valence electrons. The Labute approximate surface area is 145 Å². The van der Waals surface area contributed by atoms with Gasteiger partial charge < -0.3 is 14.2 Å². The fourth-order valence-electron chi connectivity index (χ4n) is 3.01. The van der Waals surface area contributed by atoms with E-state index in [4.69, 9.17) is 8.92 Å². The molecule has 2 aliphatic rings. The van der Waals surface area contributed by atoms with Gasteiger partial charge in [-0.05, 0) is 25.7 Å². The van der Waals surface area contributed by atoms with E-state index in [-0.39, 0.29) is 17.9 Å². The SMILES string of the molecule is C=C(C)C(=O)OCC(=O)OC1C2CC(CC(=O)OC)C(C2)OS1(=O)=O. The minimum absolute atomic E-state index is 0.0318. The van der Waals surface area contributed by atoms with Gasteiger partial charge in [0.2, 0.25) is 5.44 Å². The molecule has 1 saturated carbocycles. The third kappa shape index (κ3) is 4.57. The number of fused-ring (bicyclic) bond motifs is 2. The van der Waals surface area contributed by atoms with Gasteiger partial charge in [-0.25, -0.2) is 9.59 Å². The molecule has 0 radical (unpaired) electrons. The van der Waals surface area contributed by atoms with E-state index in [1.54, 1.807) is 0 Å². The molecule has 0 aromatic carbocycles. The first-order valence-corrected chi connectivity index (χ1v) is 9.12. The van der Waals surface area contributed by atoms with E-state index >= 15 is 0 Å². The predicted octanol–water partition coefficient (Wildman–Crippen LogP) is 0.293. The number of ether oxygens (including phenoxy) is 3. The van der Waals surface area contributed by atoms with E-state index in [9.17, 15) is 22.8 Å². The molecule has 2 fully saturated rings. The lowest BCUT2D eigenvalue weighted by molar-refractivity contribution is -0.159. The van der Waals surface area contributed by atoms with Gasteiger partial charge in [0.1, 0.15) is 0 Å². The molecule has 10 heteroatoms. The topological polar surface area (TPSA) is 122 Å². The minimum Gasteiger partial charge on any atom is -0.469 e. The van der Waals surface area contributed by atoms with Crippen LogP contribution in [-0.2, 0) is 42.9 Å². The van der Waals surface area contributed by atoms with Gasteiger partial charge in [0, 0.05) is 11.5 Å². The van der Waals surface area contributed by atoms with Crippen LogP contribution in [0.5, 0.6) is 0 Å². The van der Waals surface area contributed by atoms with E-state index < -0.39 is 52.1 Å². The molecule has 0 aromatic heterocycles. The highest BCUT2D eigenvalue weighted by Gasteiger charge is 2.53. The molecule has 4 atom stereocenters. The highest BCUT2D eigenvalue weighted by Crippen LogP contribution is 2.45. The summed E-state index contributed by atoms with van der Waals surface area (Å²) in [6.07, 6.45) is 0.0991. The predicted molar refractivity (Wildman–Crippen MR) is 82.3 cm³/mol. The second kappa shape index (κ2) is 7.52. The number of esters is 3. The van der Waals surface area contributed by atoms with Gasteiger partial charge in [-0.15, -0.1) is 0 Å². The van der Waals surface area contributed by atoms with Crippen LogP contribution in [0.25, 0.3) is 0 Å². The van der Waals surface area contributed by atoms with E-state index in [2.05, 4.69) is 16.1 Å². The average Bonchev–Trinajstić information content (AvgIpc) is 2.86. The van der Waals surface area contributed by atoms with Crippen molar-refractivity contribution in [2.24, 2.45) is 11.8 Å². The molecule has 1 saturated heterocycles. The fraction of sp³-hybridized carbons (Fsp3) is 0.667. The lowest BCUT2D eigenvalue weighted by Crippen LogP contribution is -2.41. The zero-order valence-electron chi connectivity index (χ0n) is 13.9. The van der Waals surface area contributed by atoms with Crippen LogP contribution in [0.3, 0.4) is 0 Å².